The molecule has 0 bridgehead atoms. The number of ether oxygens (including phenoxy) is 1. The van der Waals surface area contributed by atoms with E-state index in [1.807, 2.05) is 0 Å². The van der Waals surface area contributed by atoms with Gasteiger partial charge in [-0.2, -0.15) is 0 Å². The summed E-state index contributed by atoms with van der Waals surface area (Å²) in [6.07, 6.45) is 0. The smallest absolute Gasteiger partial charge is 0.261 e. The molecule has 0 spiro atoms. The first-order valence-electron chi connectivity index (χ1n) is 8.32. The molecule has 1 amide bonds. The van der Waals surface area contributed by atoms with Crippen molar-refractivity contribution in [3.8, 4) is 5.75 Å². The summed E-state index contributed by atoms with van der Waals surface area (Å²) in [4.78, 5) is 12.4. The Labute approximate surface area is 172 Å². The number of methoxy groups -OCH3 is 1. The van der Waals surface area contributed by atoms with Gasteiger partial charge in [-0.1, -0.05) is 11.6 Å². The van der Waals surface area contributed by atoms with Crippen LogP contribution >= 0.6 is 11.6 Å². The average molecular weight is 435 g/mol. The van der Waals surface area contributed by atoms with Gasteiger partial charge in [0.05, 0.1) is 17.6 Å². The van der Waals surface area contributed by atoms with Crippen molar-refractivity contribution in [1.82, 2.24) is 0 Å². The monoisotopic (exact) mass is 434 g/mol. The Hall–Kier alpha value is -3.10. The van der Waals surface area contributed by atoms with Gasteiger partial charge < -0.3 is 10.1 Å². The van der Waals surface area contributed by atoms with Crippen molar-refractivity contribution < 1.29 is 22.3 Å². The van der Waals surface area contributed by atoms with Crippen molar-refractivity contribution in [2.24, 2.45) is 0 Å². The fraction of sp³-hybridized carbons (Fsp3) is 0.0500. The minimum Gasteiger partial charge on any atom is -0.496 e. The largest absolute Gasteiger partial charge is 0.496 e. The first-order chi connectivity index (χ1) is 13.8. The molecule has 0 atom stereocenters. The fourth-order valence-electron chi connectivity index (χ4n) is 2.51. The predicted molar refractivity (Wildman–Crippen MR) is 110 cm³/mol. The first-order valence-corrected chi connectivity index (χ1v) is 10.2. The summed E-state index contributed by atoms with van der Waals surface area (Å²) in [6.45, 7) is 0. The number of hydrogen-bond donors (Lipinski definition) is 2. The number of carbonyl (C=O) groups excluding carboxylic acids is 1. The molecular formula is C20H16ClFN2O4S. The standard InChI is InChI=1S/C20H16ClFN2O4S/c1-28-19-11-2-13(21)12-18(19)20(25)23-15-5-7-16(8-6-15)24-29(26,27)17-9-3-14(22)4-10-17/h2-12,24H,1H3,(H,23,25). The van der Waals surface area contributed by atoms with E-state index >= 15 is 0 Å². The molecule has 9 heteroatoms. The van der Waals surface area contributed by atoms with Crippen LogP contribution in [0.15, 0.2) is 71.6 Å². The Morgan fingerprint density at radius 1 is 0.966 bits per heavy atom. The van der Waals surface area contributed by atoms with Crippen LogP contribution in [-0.4, -0.2) is 21.4 Å². The summed E-state index contributed by atoms with van der Waals surface area (Å²) in [6, 6.07) is 15.2. The van der Waals surface area contributed by atoms with E-state index in [0.29, 0.717) is 16.5 Å². The lowest BCUT2D eigenvalue weighted by Crippen LogP contribution is -2.14. The zero-order valence-corrected chi connectivity index (χ0v) is 16.7. The van der Waals surface area contributed by atoms with Crippen molar-refractivity contribution in [2.75, 3.05) is 17.1 Å². The van der Waals surface area contributed by atoms with Crippen molar-refractivity contribution in [1.29, 1.82) is 0 Å². The Morgan fingerprint density at radius 2 is 1.59 bits per heavy atom. The third-order valence-electron chi connectivity index (χ3n) is 3.93. The normalized spacial score (nSPS) is 11.0. The lowest BCUT2D eigenvalue weighted by atomic mass is 10.2. The van der Waals surface area contributed by atoms with Gasteiger partial charge in [0.25, 0.3) is 15.9 Å². The van der Waals surface area contributed by atoms with Crippen LogP contribution < -0.4 is 14.8 Å². The average Bonchev–Trinajstić information content (AvgIpc) is 2.69. The molecule has 0 aliphatic rings. The summed E-state index contributed by atoms with van der Waals surface area (Å²) < 4.78 is 45.2. The van der Waals surface area contributed by atoms with Gasteiger partial charge in [0, 0.05) is 16.4 Å². The van der Waals surface area contributed by atoms with Crippen molar-refractivity contribution in [3.05, 3.63) is 83.1 Å². The third-order valence-corrected chi connectivity index (χ3v) is 5.56. The Morgan fingerprint density at radius 3 is 2.21 bits per heavy atom. The number of anilines is 2. The first kappa shape index (κ1) is 20.6. The lowest BCUT2D eigenvalue weighted by molar-refractivity contribution is 0.102. The van der Waals surface area contributed by atoms with Gasteiger partial charge in [-0.05, 0) is 66.7 Å². The molecule has 0 fully saturated rings. The van der Waals surface area contributed by atoms with Crippen LogP contribution in [-0.2, 0) is 10.0 Å². The summed E-state index contributed by atoms with van der Waals surface area (Å²) in [5.41, 5.74) is 0.996. The van der Waals surface area contributed by atoms with Gasteiger partial charge in [-0.3, -0.25) is 9.52 Å². The SMILES string of the molecule is COc1ccc(Cl)cc1C(=O)Nc1ccc(NS(=O)(=O)c2ccc(F)cc2)cc1. The summed E-state index contributed by atoms with van der Waals surface area (Å²) in [5, 5.41) is 3.08. The zero-order valence-electron chi connectivity index (χ0n) is 15.1. The van der Waals surface area contributed by atoms with E-state index in [2.05, 4.69) is 10.0 Å². The van der Waals surface area contributed by atoms with E-state index in [9.17, 15) is 17.6 Å². The molecular weight excluding hydrogens is 419 g/mol. The second-order valence-electron chi connectivity index (χ2n) is 5.94. The summed E-state index contributed by atoms with van der Waals surface area (Å²) in [7, 11) is -2.41. The van der Waals surface area contributed by atoms with Crippen molar-refractivity contribution >= 4 is 38.9 Å². The molecule has 0 radical (unpaired) electrons. The second kappa shape index (κ2) is 8.50. The van der Waals surface area contributed by atoms with Gasteiger partial charge in [0.2, 0.25) is 0 Å². The zero-order chi connectivity index (χ0) is 21.0. The van der Waals surface area contributed by atoms with Crippen LogP contribution in [0.1, 0.15) is 10.4 Å². The lowest BCUT2D eigenvalue weighted by Gasteiger charge is -2.11. The number of benzene rings is 3. The Balaban J connectivity index is 1.73. The van der Waals surface area contributed by atoms with E-state index in [0.717, 1.165) is 12.1 Å². The van der Waals surface area contributed by atoms with Crippen LogP contribution in [0, 0.1) is 5.82 Å². The Kier molecular flexibility index (Phi) is 6.05. The van der Waals surface area contributed by atoms with Crippen molar-refractivity contribution in [2.45, 2.75) is 4.90 Å². The highest BCUT2D eigenvalue weighted by atomic mass is 35.5. The van der Waals surface area contributed by atoms with Gasteiger partial charge >= 0.3 is 0 Å². The van der Waals surface area contributed by atoms with Crippen LogP contribution in [0.3, 0.4) is 0 Å². The second-order valence-corrected chi connectivity index (χ2v) is 8.05. The highest BCUT2D eigenvalue weighted by Gasteiger charge is 2.15. The van der Waals surface area contributed by atoms with Crippen LogP contribution in [0.2, 0.25) is 5.02 Å². The number of halogens is 2. The molecule has 29 heavy (non-hydrogen) atoms. The highest BCUT2D eigenvalue weighted by Crippen LogP contribution is 2.24. The molecule has 3 aromatic rings. The van der Waals surface area contributed by atoms with E-state index in [-0.39, 0.29) is 16.1 Å². The number of carbonyl (C=O) groups is 1. The molecule has 0 saturated carbocycles. The number of hydrogen-bond acceptors (Lipinski definition) is 4. The molecule has 6 nitrogen and oxygen atoms in total. The third kappa shape index (κ3) is 5.04. The van der Waals surface area contributed by atoms with Crippen LogP contribution in [0.5, 0.6) is 5.75 Å². The fourth-order valence-corrected chi connectivity index (χ4v) is 3.74. The number of rotatable bonds is 6. The molecule has 0 aliphatic carbocycles. The molecule has 3 rings (SSSR count). The molecule has 0 aromatic heterocycles. The topological polar surface area (TPSA) is 84.5 Å². The maximum Gasteiger partial charge on any atom is 0.261 e. The van der Waals surface area contributed by atoms with E-state index in [1.165, 1.54) is 49.6 Å². The molecule has 3 aromatic carbocycles. The molecule has 0 saturated heterocycles. The molecule has 0 heterocycles. The minimum absolute atomic E-state index is 0.0654. The summed E-state index contributed by atoms with van der Waals surface area (Å²) >= 11 is 5.94. The van der Waals surface area contributed by atoms with Gasteiger partial charge in [0.15, 0.2) is 0 Å². The minimum atomic E-state index is -3.86. The quantitative estimate of drug-likeness (QED) is 0.596. The van der Waals surface area contributed by atoms with Gasteiger partial charge in [-0.15, -0.1) is 0 Å². The molecule has 150 valence electrons. The maximum absolute atomic E-state index is 13.0. The van der Waals surface area contributed by atoms with Gasteiger partial charge in [0.1, 0.15) is 11.6 Å². The van der Waals surface area contributed by atoms with Gasteiger partial charge in [-0.25, -0.2) is 12.8 Å². The Bertz CT molecular complexity index is 1130. The molecule has 2 N–H and O–H groups in total. The number of nitrogens with one attached hydrogen (secondary N) is 2. The van der Waals surface area contributed by atoms with Crippen LogP contribution in [0.4, 0.5) is 15.8 Å². The predicted octanol–water partition coefficient (Wildman–Crippen LogP) is 4.54. The van der Waals surface area contributed by atoms with E-state index in [1.54, 1.807) is 12.1 Å². The summed E-state index contributed by atoms with van der Waals surface area (Å²) in [5.74, 6) is -0.583. The van der Waals surface area contributed by atoms with Crippen molar-refractivity contribution in [3.63, 3.8) is 0 Å². The molecule has 0 unspecified atom stereocenters. The maximum atomic E-state index is 13.0. The van der Waals surface area contributed by atoms with E-state index < -0.39 is 21.7 Å². The molecule has 0 aliphatic heterocycles. The van der Waals surface area contributed by atoms with Crippen LogP contribution in [0.25, 0.3) is 0 Å². The number of sulfonamides is 1. The van der Waals surface area contributed by atoms with E-state index in [4.69, 9.17) is 16.3 Å². The highest BCUT2D eigenvalue weighted by molar-refractivity contribution is 7.92. The number of amides is 1.